The summed E-state index contributed by atoms with van der Waals surface area (Å²) in [6.07, 6.45) is 7.76. The van der Waals surface area contributed by atoms with Gasteiger partial charge in [0.2, 0.25) is 6.33 Å². The van der Waals surface area contributed by atoms with Crippen molar-refractivity contribution in [3.8, 4) is 0 Å². The second kappa shape index (κ2) is 4.60. The molecule has 1 rings (SSSR count). The Morgan fingerprint density at radius 2 is 2.50 bits per heavy atom. The molecule has 4 heteroatoms. The normalized spacial score (nSPS) is 14.6. The molecule has 0 bridgehead atoms. The molecule has 0 saturated heterocycles. The molecule has 2 atom stereocenters. The molecule has 0 aliphatic carbocycles. The zero-order valence-corrected chi connectivity index (χ0v) is 8.18. The van der Waals surface area contributed by atoms with Gasteiger partial charge in [0.1, 0.15) is 18.4 Å². The summed E-state index contributed by atoms with van der Waals surface area (Å²) in [6.45, 7) is 5.40. The topological polar surface area (TPSA) is 57.0 Å². The van der Waals surface area contributed by atoms with Gasteiger partial charge in [-0.3, -0.25) is 9.78 Å². The van der Waals surface area contributed by atoms with E-state index in [0.717, 1.165) is 0 Å². The summed E-state index contributed by atoms with van der Waals surface area (Å²) in [5.41, 5.74) is 0. The van der Waals surface area contributed by atoms with Crippen LogP contribution in [-0.4, -0.2) is 16.1 Å². The fourth-order valence-electron chi connectivity index (χ4n) is 1.31. The summed E-state index contributed by atoms with van der Waals surface area (Å²) >= 11 is 0. The molecule has 0 amide bonds. The molecule has 2 N–H and O–H groups in total. The molecule has 2 unspecified atom stereocenters. The van der Waals surface area contributed by atoms with Gasteiger partial charge >= 0.3 is 5.97 Å². The number of H-pyrrole nitrogens is 1. The Kier molecular flexibility index (Phi) is 3.45. The van der Waals surface area contributed by atoms with Crippen molar-refractivity contribution >= 4 is 5.97 Å². The molecule has 1 aromatic rings. The van der Waals surface area contributed by atoms with E-state index in [4.69, 9.17) is 5.11 Å². The highest BCUT2D eigenvalue weighted by Gasteiger charge is 2.19. The maximum Gasteiger partial charge on any atom is 0.306 e. The van der Waals surface area contributed by atoms with Gasteiger partial charge in [-0.25, -0.2) is 4.57 Å². The minimum absolute atomic E-state index is 0.0346. The molecule has 14 heavy (non-hydrogen) atoms. The molecule has 0 aromatic carbocycles. The summed E-state index contributed by atoms with van der Waals surface area (Å²) in [5.74, 6) is -1.13. The molecule has 76 valence electrons. The van der Waals surface area contributed by atoms with Crippen molar-refractivity contribution in [2.75, 3.05) is 0 Å². The Labute approximate surface area is 82.9 Å². The van der Waals surface area contributed by atoms with Crippen LogP contribution in [0.5, 0.6) is 0 Å². The fraction of sp³-hybridized carbons (Fsp3) is 0.400. The van der Waals surface area contributed by atoms with E-state index >= 15 is 0 Å². The van der Waals surface area contributed by atoms with E-state index in [9.17, 15) is 4.79 Å². The number of allylic oxidation sites excluding steroid dienone is 1. The van der Waals surface area contributed by atoms with Crippen molar-refractivity contribution in [2.24, 2.45) is 5.92 Å². The third-order valence-electron chi connectivity index (χ3n) is 2.24. The summed E-state index contributed by atoms with van der Waals surface area (Å²) in [6, 6.07) is 0.0346. The first kappa shape index (κ1) is 10.5. The Balaban J connectivity index is 2.65. The SMILES string of the molecule is C=CC(CC(C)C(=O)O)[n+]1cc[nH]c1. The van der Waals surface area contributed by atoms with Crippen LogP contribution >= 0.6 is 0 Å². The predicted octanol–water partition coefficient (Wildman–Crippen LogP) is 1.14. The van der Waals surface area contributed by atoms with E-state index in [-0.39, 0.29) is 12.0 Å². The largest absolute Gasteiger partial charge is 0.481 e. The minimum atomic E-state index is -0.770. The summed E-state index contributed by atoms with van der Waals surface area (Å²) < 4.78 is 1.91. The molecule has 0 spiro atoms. The molecule has 0 saturated carbocycles. The smallest absolute Gasteiger partial charge is 0.306 e. The third-order valence-corrected chi connectivity index (χ3v) is 2.24. The lowest BCUT2D eigenvalue weighted by Gasteiger charge is -2.11. The van der Waals surface area contributed by atoms with Crippen LogP contribution in [0.1, 0.15) is 19.4 Å². The number of carboxylic acid groups (broad SMARTS) is 1. The van der Waals surface area contributed by atoms with E-state index < -0.39 is 5.97 Å². The average Bonchev–Trinajstić information content (AvgIpc) is 2.66. The lowest BCUT2D eigenvalue weighted by Crippen LogP contribution is -2.37. The number of aliphatic carboxylic acids is 1. The number of imidazole rings is 1. The number of hydrogen-bond acceptors (Lipinski definition) is 1. The standard InChI is InChI=1S/C10H14N2O2/c1-3-9(6-8(2)10(13)14)12-5-4-11-7-12/h3-5,7-9H,1,6H2,2H3,(H,13,14)/p+1. The first-order valence-electron chi connectivity index (χ1n) is 4.54. The minimum Gasteiger partial charge on any atom is -0.481 e. The van der Waals surface area contributed by atoms with Gasteiger partial charge in [-0.15, -0.1) is 0 Å². The lowest BCUT2D eigenvalue weighted by atomic mass is 10.0. The van der Waals surface area contributed by atoms with Gasteiger partial charge < -0.3 is 5.11 Å². The van der Waals surface area contributed by atoms with Crippen LogP contribution < -0.4 is 4.57 Å². The van der Waals surface area contributed by atoms with Gasteiger partial charge in [0.25, 0.3) is 0 Å². The third kappa shape index (κ3) is 2.45. The molecule has 0 aliphatic rings. The van der Waals surface area contributed by atoms with Gasteiger partial charge in [-0.2, -0.15) is 0 Å². The number of carbonyl (C=O) groups is 1. The second-order valence-corrected chi connectivity index (χ2v) is 3.34. The average molecular weight is 195 g/mol. The van der Waals surface area contributed by atoms with Gasteiger partial charge in [0, 0.05) is 6.42 Å². The van der Waals surface area contributed by atoms with Crippen LogP contribution in [0.2, 0.25) is 0 Å². The number of nitrogens with zero attached hydrogens (tertiary/aromatic N) is 1. The van der Waals surface area contributed by atoms with Crippen molar-refractivity contribution in [2.45, 2.75) is 19.4 Å². The highest BCUT2D eigenvalue weighted by atomic mass is 16.4. The van der Waals surface area contributed by atoms with E-state index in [1.807, 2.05) is 10.8 Å². The number of hydrogen-bond donors (Lipinski definition) is 2. The summed E-state index contributed by atoms with van der Waals surface area (Å²) in [5, 5.41) is 8.77. The number of aromatic amines is 1. The fourth-order valence-corrected chi connectivity index (χ4v) is 1.31. The van der Waals surface area contributed by atoms with Gasteiger partial charge in [0.05, 0.1) is 5.92 Å². The molecule has 0 fully saturated rings. The van der Waals surface area contributed by atoms with E-state index in [1.54, 1.807) is 25.5 Å². The van der Waals surface area contributed by atoms with Gasteiger partial charge in [0.15, 0.2) is 0 Å². The molecule has 0 aliphatic heterocycles. The molecular formula is C10H15N2O2+. The van der Waals surface area contributed by atoms with Gasteiger partial charge in [-0.05, 0) is 6.08 Å². The maximum absolute atomic E-state index is 10.7. The molecule has 1 aromatic heterocycles. The summed E-state index contributed by atoms with van der Waals surface area (Å²) in [4.78, 5) is 13.6. The number of carboxylic acids is 1. The second-order valence-electron chi connectivity index (χ2n) is 3.34. The number of nitrogens with one attached hydrogen (secondary N) is 1. The van der Waals surface area contributed by atoms with Gasteiger partial charge in [-0.1, -0.05) is 13.5 Å². The number of aromatic nitrogens is 2. The van der Waals surface area contributed by atoms with Crippen LogP contribution in [0.4, 0.5) is 0 Å². The lowest BCUT2D eigenvalue weighted by molar-refractivity contribution is -0.712. The molecule has 4 nitrogen and oxygen atoms in total. The Hall–Kier alpha value is -1.58. The molecular weight excluding hydrogens is 180 g/mol. The van der Waals surface area contributed by atoms with Crippen molar-refractivity contribution < 1.29 is 14.5 Å². The first-order chi connectivity index (χ1) is 6.65. The van der Waals surface area contributed by atoms with Crippen molar-refractivity contribution in [3.05, 3.63) is 31.4 Å². The predicted molar refractivity (Wildman–Crippen MR) is 51.6 cm³/mol. The van der Waals surface area contributed by atoms with Crippen molar-refractivity contribution in [1.29, 1.82) is 0 Å². The summed E-state index contributed by atoms with van der Waals surface area (Å²) in [7, 11) is 0. The first-order valence-corrected chi connectivity index (χ1v) is 4.54. The van der Waals surface area contributed by atoms with Crippen molar-refractivity contribution in [1.82, 2.24) is 4.98 Å². The monoisotopic (exact) mass is 195 g/mol. The highest BCUT2D eigenvalue weighted by molar-refractivity contribution is 5.69. The van der Waals surface area contributed by atoms with E-state index in [0.29, 0.717) is 6.42 Å². The van der Waals surface area contributed by atoms with Crippen LogP contribution in [0, 0.1) is 5.92 Å². The Morgan fingerprint density at radius 3 is 2.93 bits per heavy atom. The highest BCUT2D eigenvalue weighted by Crippen LogP contribution is 2.12. The zero-order chi connectivity index (χ0) is 10.6. The number of rotatable bonds is 5. The van der Waals surface area contributed by atoms with Crippen molar-refractivity contribution in [3.63, 3.8) is 0 Å². The Bertz CT molecular complexity index is 306. The quantitative estimate of drug-likeness (QED) is 0.546. The molecule has 0 radical (unpaired) electrons. The zero-order valence-electron chi connectivity index (χ0n) is 8.18. The van der Waals surface area contributed by atoms with E-state index in [1.165, 1.54) is 0 Å². The van der Waals surface area contributed by atoms with E-state index in [2.05, 4.69) is 11.6 Å². The Morgan fingerprint density at radius 1 is 1.79 bits per heavy atom. The van der Waals surface area contributed by atoms with Crippen LogP contribution in [-0.2, 0) is 4.79 Å². The maximum atomic E-state index is 10.7. The van der Waals surface area contributed by atoms with Crippen LogP contribution in [0.3, 0.4) is 0 Å². The van der Waals surface area contributed by atoms with Crippen LogP contribution in [0.25, 0.3) is 0 Å². The van der Waals surface area contributed by atoms with Crippen LogP contribution in [0.15, 0.2) is 31.4 Å². The molecule has 1 heterocycles.